The Balaban J connectivity index is 2.30. The SMILES string of the molecule is O=C1CC(CCl)CN1c1cc(Cl)ccc1S. The van der Waals surface area contributed by atoms with Gasteiger partial charge in [0.1, 0.15) is 0 Å². The van der Waals surface area contributed by atoms with E-state index in [1.165, 1.54) is 0 Å². The fourth-order valence-corrected chi connectivity index (χ4v) is 2.46. The van der Waals surface area contributed by atoms with Crippen LogP contribution < -0.4 is 4.90 Å². The van der Waals surface area contributed by atoms with Crippen LogP contribution in [-0.4, -0.2) is 18.3 Å². The van der Waals surface area contributed by atoms with Gasteiger partial charge in [0.25, 0.3) is 0 Å². The number of hydrogen-bond acceptors (Lipinski definition) is 2. The maximum atomic E-state index is 11.8. The lowest BCUT2D eigenvalue weighted by Gasteiger charge is -2.18. The van der Waals surface area contributed by atoms with Gasteiger partial charge in [-0.15, -0.1) is 24.2 Å². The van der Waals surface area contributed by atoms with Crippen molar-refractivity contribution in [3.63, 3.8) is 0 Å². The Bertz CT molecular complexity index is 424. The first-order chi connectivity index (χ1) is 7.61. The number of hydrogen-bond donors (Lipinski definition) is 1. The van der Waals surface area contributed by atoms with Crippen molar-refractivity contribution in [1.29, 1.82) is 0 Å². The summed E-state index contributed by atoms with van der Waals surface area (Å²) >= 11 is 16.0. The first-order valence-electron chi connectivity index (χ1n) is 4.96. The van der Waals surface area contributed by atoms with Crippen LogP contribution in [0.5, 0.6) is 0 Å². The molecule has 1 aromatic carbocycles. The summed E-state index contributed by atoms with van der Waals surface area (Å²) in [4.78, 5) is 14.3. The molecule has 0 saturated carbocycles. The second-order valence-electron chi connectivity index (χ2n) is 3.86. The molecule has 1 aromatic rings. The Kier molecular flexibility index (Phi) is 3.67. The molecule has 2 nitrogen and oxygen atoms in total. The standard InChI is InChI=1S/C11H11Cl2NOS/c12-5-7-3-11(15)14(6-7)9-4-8(13)1-2-10(9)16/h1-2,4,7,16H,3,5-6H2. The van der Waals surface area contributed by atoms with E-state index in [2.05, 4.69) is 12.6 Å². The van der Waals surface area contributed by atoms with Gasteiger partial charge in [-0.05, 0) is 24.1 Å². The zero-order valence-electron chi connectivity index (χ0n) is 8.49. The molecule has 1 saturated heterocycles. The first-order valence-corrected chi connectivity index (χ1v) is 6.32. The van der Waals surface area contributed by atoms with Gasteiger partial charge in [0.05, 0.1) is 5.69 Å². The molecule has 16 heavy (non-hydrogen) atoms. The number of nitrogens with zero attached hydrogens (tertiary/aromatic N) is 1. The fourth-order valence-electron chi connectivity index (χ4n) is 1.83. The van der Waals surface area contributed by atoms with Gasteiger partial charge >= 0.3 is 0 Å². The minimum Gasteiger partial charge on any atom is -0.311 e. The third-order valence-electron chi connectivity index (χ3n) is 2.65. The van der Waals surface area contributed by atoms with Crippen LogP contribution in [0.25, 0.3) is 0 Å². The highest BCUT2D eigenvalue weighted by atomic mass is 35.5. The zero-order chi connectivity index (χ0) is 11.7. The maximum Gasteiger partial charge on any atom is 0.227 e. The van der Waals surface area contributed by atoms with Crippen molar-refractivity contribution in [1.82, 2.24) is 0 Å². The van der Waals surface area contributed by atoms with Crippen molar-refractivity contribution in [2.45, 2.75) is 11.3 Å². The topological polar surface area (TPSA) is 20.3 Å². The molecule has 1 fully saturated rings. The maximum absolute atomic E-state index is 11.8. The van der Waals surface area contributed by atoms with Crippen molar-refractivity contribution >= 4 is 47.4 Å². The van der Waals surface area contributed by atoms with E-state index < -0.39 is 0 Å². The summed E-state index contributed by atoms with van der Waals surface area (Å²) in [6.07, 6.45) is 0.503. The normalized spacial score (nSPS) is 20.6. The minimum absolute atomic E-state index is 0.0863. The molecule has 5 heteroatoms. The molecule has 0 radical (unpaired) electrons. The number of carbonyl (C=O) groups is 1. The van der Waals surface area contributed by atoms with E-state index in [1.54, 1.807) is 23.1 Å². The van der Waals surface area contributed by atoms with Gasteiger partial charge in [-0.2, -0.15) is 0 Å². The molecule has 1 heterocycles. The van der Waals surface area contributed by atoms with Gasteiger partial charge < -0.3 is 4.90 Å². The van der Waals surface area contributed by atoms with E-state index in [0.717, 1.165) is 10.6 Å². The van der Waals surface area contributed by atoms with Crippen LogP contribution in [0.4, 0.5) is 5.69 Å². The monoisotopic (exact) mass is 275 g/mol. The average molecular weight is 276 g/mol. The average Bonchev–Trinajstić information content (AvgIpc) is 2.63. The third kappa shape index (κ3) is 2.31. The summed E-state index contributed by atoms with van der Waals surface area (Å²) in [5, 5.41) is 0.606. The highest BCUT2D eigenvalue weighted by Gasteiger charge is 2.30. The van der Waals surface area contributed by atoms with E-state index in [4.69, 9.17) is 23.2 Å². The summed E-state index contributed by atoms with van der Waals surface area (Å²) in [6, 6.07) is 5.31. The van der Waals surface area contributed by atoms with E-state index in [-0.39, 0.29) is 11.8 Å². The Morgan fingerprint density at radius 2 is 2.25 bits per heavy atom. The largest absolute Gasteiger partial charge is 0.311 e. The van der Waals surface area contributed by atoms with Gasteiger partial charge in [-0.25, -0.2) is 0 Å². The molecule has 0 bridgehead atoms. The lowest BCUT2D eigenvalue weighted by atomic mass is 10.1. The van der Waals surface area contributed by atoms with Crippen LogP contribution in [0.15, 0.2) is 23.1 Å². The highest BCUT2D eigenvalue weighted by molar-refractivity contribution is 7.80. The molecule has 86 valence electrons. The van der Waals surface area contributed by atoms with Crippen LogP contribution in [-0.2, 0) is 4.79 Å². The van der Waals surface area contributed by atoms with E-state index in [9.17, 15) is 4.79 Å². The van der Waals surface area contributed by atoms with Crippen molar-refractivity contribution in [2.75, 3.05) is 17.3 Å². The molecule has 1 aliphatic rings. The number of rotatable bonds is 2. The Morgan fingerprint density at radius 3 is 2.88 bits per heavy atom. The molecular weight excluding hydrogens is 265 g/mol. The van der Waals surface area contributed by atoms with E-state index in [1.807, 2.05) is 0 Å². The second-order valence-corrected chi connectivity index (χ2v) is 5.09. The molecule has 0 aromatic heterocycles. The second kappa shape index (κ2) is 4.86. The quantitative estimate of drug-likeness (QED) is 0.649. The van der Waals surface area contributed by atoms with Gasteiger partial charge in [0.15, 0.2) is 0 Å². The van der Waals surface area contributed by atoms with E-state index in [0.29, 0.717) is 23.9 Å². The molecule has 0 aliphatic carbocycles. The van der Waals surface area contributed by atoms with Crippen molar-refractivity contribution in [2.24, 2.45) is 5.92 Å². The molecule has 1 aliphatic heterocycles. The van der Waals surface area contributed by atoms with Crippen LogP contribution in [0.1, 0.15) is 6.42 Å². The van der Waals surface area contributed by atoms with Crippen LogP contribution in [0.3, 0.4) is 0 Å². The molecule has 1 amide bonds. The van der Waals surface area contributed by atoms with Gasteiger partial charge in [0.2, 0.25) is 5.91 Å². The van der Waals surface area contributed by atoms with Crippen LogP contribution in [0, 0.1) is 5.92 Å². The fraction of sp³-hybridized carbons (Fsp3) is 0.364. The third-order valence-corrected chi connectivity index (χ3v) is 3.70. The van der Waals surface area contributed by atoms with Crippen molar-refractivity contribution < 1.29 is 4.79 Å². The molecule has 1 unspecified atom stereocenters. The molecule has 0 spiro atoms. The minimum atomic E-state index is 0.0863. The zero-order valence-corrected chi connectivity index (χ0v) is 10.9. The lowest BCUT2D eigenvalue weighted by molar-refractivity contribution is -0.117. The predicted octanol–water partition coefficient (Wildman–Crippen LogP) is 3.22. The summed E-state index contributed by atoms with van der Waals surface area (Å²) in [5.41, 5.74) is 0.772. The molecular formula is C11H11Cl2NOS. The summed E-state index contributed by atoms with van der Waals surface area (Å²) in [6.45, 7) is 0.649. The number of thiol groups is 1. The van der Waals surface area contributed by atoms with Gasteiger partial charge in [0, 0.05) is 28.8 Å². The van der Waals surface area contributed by atoms with Crippen LogP contribution in [0.2, 0.25) is 5.02 Å². The lowest BCUT2D eigenvalue weighted by Crippen LogP contribution is -2.25. The Hall–Kier alpha value is -0.380. The summed E-state index contributed by atoms with van der Waals surface area (Å²) < 4.78 is 0. The van der Waals surface area contributed by atoms with Gasteiger partial charge in [-0.3, -0.25) is 4.79 Å². The molecule has 0 N–H and O–H groups in total. The molecule has 2 rings (SSSR count). The summed E-state index contributed by atoms with van der Waals surface area (Å²) in [5.74, 6) is 0.814. The molecule has 1 atom stereocenters. The number of amides is 1. The summed E-state index contributed by atoms with van der Waals surface area (Å²) in [7, 11) is 0. The van der Waals surface area contributed by atoms with Crippen LogP contribution >= 0.6 is 35.8 Å². The highest BCUT2D eigenvalue weighted by Crippen LogP contribution is 2.32. The number of carbonyl (C=O) groups excluding carboxylic acids is 1. The Labute approximate surface area is 110 Å². The Morgan fingerprint density at radius 1 is 1.50 bits per heavy atom. The number of alkyl halides is 1. The predicted molar refractivity (Wildman–Crippen MR) is 69.9 cm³/mol. The number of benzene rings is 1. The van der Waals surface area contributed by atoms with Gasteiger partial charge in [-0.1, -0.05) is 11.6 Å². The van der Waals surface area contributed by atoms with E-state index >= 15 is 0 Å². The van der Waals surface area contributed by atoms with Crippen molar-refractivity contribution in [3.8, 4) is 0 Å². The smallest absolute Gasteiger partial charge is 0.227 e. The van der Waals surface area contributed by atoms with Crippen molar-refractivity contribution in [3.05, 3.63) is 23.2 Å². The first kappa shape index (κ1) is 12.1. The number of anilines is 1. The number of halogens is 2.